The van der Waals surface area contributed by atoms with Crippen LogP contribution in [0.5, 0.6) is 5.75 Å². The first-order chi connectivity index (χ1) is 9.13. The predicted molar refractivity (Wildman–Crippen MR) is 78.2 cm³/mol. The lowest BCUT2D eigenvalue weighted by Gasteiger charge is -2.20. The molecule has 0 heterocycles. The Labute approximate surface area is 118 Å². The lowest BCUT2D eigenvalue weighted by atomic mass is 10.2. The molecule has 1 aromatic carbocycles. The van der Waals surface area contributed by atoms with Crippen molar-refractivity contribution in [2.24, 2.45) is 5.73 Å². The molecule has 0 aromatic heterocycles. The second-order valence-electron chi connectivity index (χ2n) is 4.56. The zero-order valence-electron chi connectivity index (χ0n) is 11.0. The molecule has 0 radical (unpaired) electrons. The van der Waals surface area contributed by atoms with Gasteiger partial charge in [-0.05, 0) is 31.9 Å². The molecule has 0 bridgehead atoms. The number of benzene rings is 1. The van der Waals surface area contributed by atoms with Crippen molar-refractivity contribution in [1.29, 1.82) is 0 Å². The van der Waals surface area contributed by atoms with Gasteiger partial charge in [-0.25, -0.2) is 0 Å². The van der Waals surface area contributed by atoms with Crippen LogP contribution in [0.2, 0.25) is 0 Å². The summed E-state index contributed by atoms with van der Waals surface area (Å²) in [6.07, 6.45) is 2.20. The van der Waals surface area contributed by atoms with Crippen molar-refractivity contribution < 1.29 is 9.53 Å². The maximum atomic E-state index is 12.0. The van der Waals surface area contributed by atoms with Gasteiger partial charge < -0.3 is 15.4 Å². The van der Waals surface area contributed by atoms with Crippen molar-refractivity contribution in [3.8, 4) is 5.75 Å². The van der Waals surface area contributed by atoms with Crippen LogP contribution < -0.4 is 10.5 Å². The first kappa shape index (κ1) is 13.8. The summed E-state index contributed by atoms with van der Waals surface area (Å²) >= 11 is 4.96. The van der Waals surface area contributed by atoms with Crippen LogP contribution in [-0.4, -0.2) is 35.0 Å². The lowest BCUT2D eigenvalue weighted by Crippen LogP contribution is -2.36. The van der Waals surface area contributed by atoms with Crippen LogP contribution in [0.15, 0.2) is 24.3 Å². The first-order valence-corrected chi connectivity index (χ1v) is 6.85. The molecule has 0 saturated heterocycles. The molecule has 1 aliphatic rings. The van der Waals surface area contributed by atoms with Gasteiger partial charge in [0, 0.05) is 12.6 Å². The second-order valence-corrected chi connectivity index (χ2v) is 5.00. The van der Waals surface area contributed by atoms with Gasteiger partial charge in [-0.15, -0.1) is 0 Å². The number of ether oxygens (including phenoxy) is 1. The number of para-hydroxylation sites is 1. The highest BCUT2D eigenvalue weighted by Crippen LogP contribution is 2.26. The number of thiocarbonyl (C=S) groups is 1. The van der Waals surface area contributed by atoms with E-state index in [0.29, 0.717) is 17.4 Å². The van der Waals surface area contributed by atoms with Gasteiger partial charge in [0.05, 0.1) is 5.56 Å². The number of amides is 1. The quantitative estimate of drug-likeness (QED) is 0.805. The molecule has 0 aliphatic heterocycles. The van der Waals surface area contributed by atoms with Crippen LogP contribution in [-0.2, 0) is 4.79 Å². The zero-order valence-corrected chi connectivity index (χ0v) is 11.8. The van der Waals surface area contributed by atoms with Crippen molar-refractivity contribution in [2.45, 2.75) is 25.8 Å². The third kappa shape index (κ3) is 3.44. The van der Waals surface area contributed by atoms with E-state index in [4.69, 9.17) is 22.7 Å². The van der Waals surface area contributed by atoms with E-state index in [-0.39, 0.29) is 17.5 Å². The number of hydrogen-bond acceptors (Lipinski definition) is 3. The summed E-state index contributed by atoms with van der Waals surface area (Å²) in [4.78, 5) is 14.2. The number of nitrogens with zero attached hydrogens (tertiary/aromatic N) is 1. The third-order valence-electron chi connectivity index (χ3n) is 3.15. The summed E-state index contributed by atoms with van der Waals surface area (Å²) in [6.45, 7) is 2.74. The average Bonchev–Trinajstić information content (AvgIpc) is 3.22. The van der Waals surface area contributed by atoms with E-state index in [9.17, 15) is 4.79 Å². The fourth-order valence-corrected chi connectivity index (χ4v) is 2.21. The van der Waals surface area contributed by atoms with Gasteiger partial charge in [-0.1, -0.05) is 24.4 Å². The molecule has 102 valence electrons. The Morgan fingerprint density at radius 2 is 2.16 bits per heavy atom. The zero-order chi connectivity index (χ0) is 13.8. The van der Waals surface area contributed by atoms with Crippen LogP contribution in [0.1, 0.15) is 25.3 Å². The van der Waals surface area contributed by atoms with Crippen LogP contribution in [0, 0.1) is 0 Å². The van der Waals surface area contributed by atoms with Crippen LogP contribution in [0.4, 0.5) is 0 Å². The molecule has 0 spiro atoms. The second kappa shape index (κ2) is 6.02. The average molecular weight is 278 g/mol. The SMILES string of the molecule is CCN(C(=O)COc1ccccc1C(N)=S)C1CC1. The smallest absolute Gasteiger partial charge is 0.260 e. The minimum atomic E-state index is 0.0164. The number of likely N-dealkylation sites (N-methyl/N-ethyl adjacent to an activating group) is 1. The van der Waals surface area contributed by atoms with Gasteiger partial charge in [0.2, 0.25) is 0 Å². The number of rotatable bonds is 6. The molecule has 1 aliphatic carbocycles. The van der Waals surface area contributed by atoms with E-state index in [0.717, 1.165) is 19.4 Å². The minimum Gasteiger partial charge on any atom is -0.483 e. The number of nitrogens with two attached hydrogens (primary N) is 1. The summed E-state index contributed by atoms with van der Waals surface area (Å²) in [5.41, 5.74) is 6.29. The molecular formula is C14H18N2O2S. The first-order valence-electron chi connectivity index (χ1n) is 6.44. The molecular weight excluding hydrogens is 260 g/mol. The predicted octanol–water partition coefficient (Wildman–Crippen LogP) is 1.71. The Bertz CT molecular complexity index is 486. The van der Waals surface area contributed by atoms with Crippen molar-refractivity contribution in [1.82, 2.24) is 4.90 Å². The van der Waals surface area contributed by atoms with E-state index in [2.05, 4.69) is 0 Å². The van der Waals surface area contributed by atoms with Gasteiger partial charge in [0.1, 0.15) is 10.7 Å². The largest absolute Gasteiger partial charge is 0.483 e. The highest BCUT2D eigenvalue weighted by molar-refractivity contribution is 7.80. The Morgan fingerprint density at radius 1 is 1.47 bits per heavy atom. The molecule has 19 heavy (non-hydrogen) atoms. The van der Waals surface area contributed by atoms with Gasteiger partial charge >= 0.3 is 0 Å². The van der Waals surface area contributed by atoms with Gasteiger partial charge in [-0.3, -0.25) is 4.79 Å². The number of hydrogen-bond donors (Lipinski definition) is 1. The molecule has 1 aromatic rings. The standard InChI is InChI=1S/C14H18N2O2S/c1-2-16(10-7-8-10)13(17)9-18-12-6-4-3-5-11(12)14(15)19/h3-6,10H,2,7-9H2,1H3,(H2,15,19). The normalized spacial score (nSPS) is 13.9. The summed E-state index contributed by atoms with van der Waals surface area (Å²) in [5, 5.41) is 0. The Morgan fingerprint density at radius 3 is 2.74 bits per heavy atom. The molecule has 1 saturated carbocycles. The third-order valence-corrected chi connectivity index (χ3v) is 3.37. The summed E-state index contributed by atoms with van der Waals surface area (Å²) in [5.74, 6) is 0.581. The number of carbonyl (C=O) groups excluding carboxylic acids is 1. The molecule has 0 atom stereocenters. The molecule has 1 fully saturated rings. The van der Waals surface area contributed by atoms with E-state index in [1.165, 1.54) is 0 Å². The van der Waals surface area contributed by atoms with Gasteiger partial charge in [-0.2, -0.15) is 0 Å². The van der Waals surface area contributed by atoms with E-state index < -0.39 is 0 Å². The highest BCUT2D eigenvalue weighted by atomic mass is 32.1. The molecule has 1 amide bonds. The Balaban J connectivity index is 1.98. The minimum absolute atomic E-state index is 0.0164. The molecule has 5 heteroatoms. The molecule has 2 N–H and O–H groups in total. The molecule has 2 rings (SSSR count). The molecule has 0 unspecified atom stereocenters. The Kier molecular flexibility index (Phi) is 4.37. The van der Waals surface area contributed by atoms with Crippen molar-refractivity contribution in [3.63, 3.8) is 0 Å². The van der Waals surface area contributed by atoms with Crippen LogP contribution >= 0.6 is 12.2 Å². The van der Waals surface area contributed by atoms with Crippen LogP contribution in [0.3, 0.4) is 0 Å². The van der Waals surface area contributed by atoms with Gasteiger partial charge in [0.25, 0.3) is 5.91 Å². The Hall–Kier alpha value is -1.62. The van der Waals surface area contributed by atoms with Crippen molar-refractivity contribution >= 4 is 23.1 Å². The highest BCUT2D eigenvalue weighted by Gasteiger charge is 2.31. The lowest BCUT2D eigenvalue weighted by molar-refractivity contribution is -0.133. The van der Waals surface area contributed by atoms with E-state index >= 15 is 0 Å². The van der Waals surface area contributed by atoms with Crippen molar-refractivity contribution in [3.05, 3.63) is 29.8 Å². The summed E-state index contributed by atoms with van der Waals surface area (Å²) in [7, 11) is 0. The van der Waals surface area contributed by atoms with E-state index in [1.807, 2.05) is 24.0 Å². The fraction of sp³-hybridized carbons (Fsp3) is 0.429. The van der Waals surface area contributed by atoms with Gasteiger partial charge in [0.15, 0.2) is 6.61 Å². The summed E-state index contributed by atoms with van der Waals surface area (Å²) < 4.78 is 5.56. The van der Waals surface area contributed by atoms with Crippen molar-refractivity contribution in [2.75, 3.05) is 13.2 Å². The summed E-state index contributed by atoms with van der Waals surface area (Å²) in [6, 6.07) is 7.65. The fourth-order valence-electron chi connectivity index (χ4n) is 2.04. The monoisotopic (exact) mass is 278 g/mol. The molecule has 4 nitrogen and oxygen atoms in total. The van der Waals surface area contributed by atoms with Crippen LogP contribution in [0.25, 0.3) is 0 Å². The maximum absolute atomic E-state index is 12.0. The van der Waals surface area contributed by atoms with E-state index in [1.54, 1.807) is 12.1 Å². The topological polar surface area (TPSA) is 55.6 Å². The number of carbonyl (C=O) groups is 1. The maximum Gasteiger partial charge on any atom is 0.260 e.